The Morgan fingerprint density at radius 2 is 2.19 bits per heavy atom. The van der Waals surface area contributed by atoms with Gasteiger partial charge >= 0.3 is 0 Å². The van der Waals surface area contributed by atoms with Crippen molar-refractivity contribution >= 4 is 43.1 Å². The van der Waals surface area contributed by atoms with Crippen LogP contribution in [0.4, 0.5) is 5.82 Å². The van der Waals surface area contributed by atoms with E-state index in [9.17, 15) is 8.42 Å². The molecule has 5 nitrogen and oxygen atoms in total. The van der Waals surface area contributed by atoms with Crippen molar-refractivity contribution in [3.05, 3.63) is 39.1 Å². The first-order valence-electron chi connectivity index (χ1n) is 6.44. The van der Waals surface area contributed by atoms with Crippen molar-refractivity contribution in [3.8, 4) is 0 Å². The van der Waals surface area contributed by atoms with Crippen LogP contribution in [-0.4, -0.2) is 19.9 Å². The van der Waals surface area contributed by atoms with Gasteiger partial charge in [0.15, 0.2) is 0 Å². The van der Waals surface area contributed by atoms with Crippen molar-refractivity contribution in [2.75, 3.05) is 11.3 Å². The first-order chi connectivity index (χ1) is 10.0. The van der Waals surface area contributed by atoms with E-state index < -0.39 is 10.0 Å². The van der Waals surface area contributed by atoms with Gasteiger partial charge < -0.3 is 5.32 Å². The molecular weight excluding hydrogens is 374 g/mol. The number of nitrogens with one attached hydrogen (secondary N) is 2. The third-order valence-electron chi connectivity index (χ3n) is 2.63. The number of hydrogen-bond donors (Lipinski definition) is 2. The van der Waals surface area contributed by atoms with Crippen LogP contribution in [0.15, 0.2) is 39.1 Å². The summed E-state index contributed by atoms with van der Waals surface area (Å²) in [6, 6.07) is 5.03. The maximum Gasteiger partial charge on any atom is 0.263 e. The molecule has 2 aromatic rings. The zero-order valence-electron chi connectivity index (χ0n) is 11.5. The molecule has 0 saturated carbocycles. The van der Waals surface area contributed by atoms with Crippen molar-refractivity contribution in [2.45, 2.75) is 24.8 Å². The second-order valence-corrected chi connectivity index (χ2v) is 7.99. The monoisotopic (exact) mass is 389 g/mol. The highest BCUT2D eigenvalue weighted by atomic mass is 79.9. The zero-order chi connectivity index (χ0) is 15.3. The van der Waals surface area contributed by atoms with Crippen molar-refractivity contribution in [3.63, 3.8) is 0 Å². The summed E-state index contributed by atoms with van der Waals surface area (Å²) in [4.78, 5) is 5.27. The average molecular weight is 390 g/mol. The molecule has 0 aliphatic heterocycles. The number of aromatic nitrogens is 1. The molecule has 0 atom stereocenters. The number of halogens is 1. The van der Waals surface area contributed by atoms with Crippen molar-refractivity contribution in [1.29, 1.82) is 0 Å². The molecule has 0 spiro atoms. The predicted molar refractivity (Wildman–Crippen MR) is 89.1 cm³/mol. The summed E-state index contributed by atoms with van der Waals surface area (Å²) in [5.41, 5.74) is 0. The number of nitrogens with zero attached hydrogens (tertiary/aromatic N) is 1. The quantitative estimate of drug-likeness (QED) is 0.713. The summed E-state index contributed by atoms with van der Waals surface area (Å²) in [5, 5.41) is 4.89. The molecule has 8 heteroatoms. The maximum atomic E-state index is 12.3. The molecular formula is C13H16BrN3O2S2. The van der Waals surface area contributed by atoms with Gasteiger partial charge in [-0.15, -0.1) is 11.3 Å². The smallest absolute Gasteiger partial charge is 0.263 e. The van der Waals surface area contributed by atoms with Crippen LogP contribution in [0.2, 0.25) is 0 Å². The lowest BCUT2D eigenvalue weighted by atomic mass is 10.4. The highest BCUT2D eigenvalue weighted by Crippen LogP contribution is 2.21. The fourth-order valence-corrected chi connectivity index (χ4v) is 4.10. The summed E-state index contributed by atoms with van der Waals surface area (Å²) >= 11 is 4.69. The highest BCUT2D eigenvalue weighted by Gasteiger charge is 2.16. The number of sulfonamides is 1. The van der Waals surface area contributed by atoms with Crippen LogP contribution in [0.5, 0.6) is 0 Å². The number of anilines is 1. The Kier molecular flexibility index (Phi) is 5.74. The number of hydrogen-bond acceptors (Lipinski definition) is 5. The molecule has 21 heavy (non-hydrogen) atoms. The number of thiophene rings is 1. The Hall–Kier alpha value is -0.960. The first kappa shape index (κ1) is 16.4. The van der Waals surface area contributed by atoms with Gasteiger partial charge in [0.05, 0.1) is 4.90 Å². The lowest BCUT2D eigenvalue weighted by Gasteiger charge is -2.05. The predicted octanol–water partition coefficient (Wildman–Crippen LogP) is 3.21. The fraction of sp³-hybridized carbons (Fsp3) is 0.308. The van der Waals surface area contributed by atoms with E-state index in [0.29, 0.717) is 12.4 Å². The Bertz CT molecular complexity index is 684. The normalized spacial score (nSPS) is 11.5. The first-order valence-corrected chi connectivity index (χ1v) is 9.59. The molecule has 0 unspecified atom stereocenters. The standard InChI is InChI=1S/C13H16BrN3O2S2/c1-2-5-15-8-11-6-12(9-20-11)21(18,19)17-13-4-3-10(14)7-16-13/h3-4,6-7,9,15H,2,5,8H2,1H3,(H,16,17). The summed E-state index contributed by atoms with van der Waals surface area (Å²) in [7, 11) is -3.58. The van der Waals surface area contributed by atoms with Crippen molar-refractivity contribution in [2.24, 2.45) is 0 Å². The van der Waals surface area contributed by atoms with Crippen LogP contribution < -0.4 is 10.0 Å². The van der Waals surface area contributed by atoms with Gasteiger partial charge in [0.2, 0.25) is 0 Å². The van der Waals surface area contributed by atoms with Crippen LogP contribution in [0.1, 0.15) is 18.2 Å². The molecule has 0 radical (unpaired) electrons. The molecule has 0 aliphatic carbocycles. The highest BCUT2D eigenvalue weighted by molar-refractivity contribution is 9.10. The molecule has 2 rings (SSSR count). The summed E-state index contributed by atoms with van der Waals surface area (Å²) in [6.07, 6.45) is 2.60. The van der Waals surface area contributed by atoms with E-state index in [-0.39, 0.29) is 4.90 Å². The molecule has 0 fully saturated rings. The minimum Gasteiger partial charge on any atom is -0.312 e. The number of rotatable bonds is 7. The summed E-state index contributed by atoms with van der Waals surface area (Å²) < 4.78 is 27.8. The Balaban J connectivity index is 2.07. The molecule has 0 bridgehead atoms. The molecule has 0 aliphatic rings. The molecule has 0 saturated heterocycles. The van der Waals surface area contributed by atoms with Gasteiger partial charge in [0.1, 0.15) is 5.82 Å². The Morgan fingerprint density at radius 3 is 2.86 bits per heavy atom. The van der Waals surface area contributed by atoms with E-state index in [4.69, 9.17) is 0 Å². The van der Waals surface area contributed by atoms with E-state index >= 15 is 0 Å². The molecule has 0 aromatic carbocycles. The molecule has 2 heterocycles. The summed E-state index contributed by atoms with van der Waals surface area (Å²) in [6.45, 7) is 3.69. The van der Waals surface area contributed by atoms with Gasteiger partial charge in [-0.3, -0.25) is 4.72 Å². The molecule has 2 N–H and O–H groups in total. The minimum atomic E-state index is -3.58. The van der Waals surface area contributed by atoms with Crippen LogP contribution in [0, 0.1) is 0 Å². The molecule has 0 amide bonds. The van der Waals surface area contributed by atoms with Crippen molar-refractivity contribution < 1.29 is 8.42 Å². The van der Waals surface area contributed by atoms with E-state index in [0.717, 1.165) is 22.3 Å². The van der Waals surface area contributed by atoms with Gasteiger partial charge in [-0.1, -0.05) is 6.92 Å². The zero-order valence-corrected chi connectivity index (χ0v) is 14.7. The lowest BCUT2D eigenvalue weighted by molar-refractivity contribution is 0.601. The second kappa shape index (κ2) is 7.35. The maximum absolute atomic E-state index is 12.3. The fourth-order valence-electron chi connectivity index (χ4n) is 1.62. The summed E-state index contributed by atoms with van der Waals surface area (Å²) in [5.74, 6) is 0.301. The van der Waals surface area contributed by atoms with E-state index in [1.54, 1.807) is 29.8 Å². The average Bonchev–Trinajstić information content (AvgIpc) is 2.91. The van der Waals surface area contributed by atoms with Gasteiger partial charge in [0, 0.05) is 27.5 Å². The van der Waals surface area contributed by atoms with E-state index in [1.807, 2.05) is 0 Å². The number of pyridine rings is 1. The molecule has 2 aromatic heterocycles. The van der Waals surface area contributed by atoms with Gasteiger partial charge in [-0.2, -0.15) is 0 Å². The van der Waals surface area contributed by atoms with E-state index in [1.165, 1.54) is 11.3 Å². The lowest BCUT2D eigenvalue weighted by Crippen LogP contribution is -2.14. The van der Waals surface area contributed by atoms with Crippen LogP contribution in [0.3, 0.4) is 0 Å². The van der Waals surface area contributed by atoms with E-state index in [2.05, 4.69) is 37.9 Å². The van der Waals surface area contributed by atoms with Gasteiger partial charge in [-0.05, 0) is 47.1 Å². The SMILES string of the molecule is CCCNCc1cc(S(=O)(=O)Nc2ccc(Br)cn2)cs1. The Morgan fingerprint density at radius 1 is 1.38 bits per heavy atom. The van der Waals surface area contributed by atoms with Gasteiger partial charge in [-0.25, -0.2) is 13.4 Å². The van der Waals surface area contributed by atoms with Crippen LogP contribution >= 0.6 is 27.3 Å². The van der Waals surface area contributed by atoms with Gasteiger partial charge in [0.25, 0.3) is 10.0 Å². The minimum absolute atomic E-state index is 0.269. The third-order valence-corrected chi connectivity index (χ3v) is 5.52. The Labute approximate surface area is 137 Å². The third kappa shape index (κ3) is 4.77. The second-order valence-electron chi connectivity index (χ2n) is 4.39. The largest absolute Gasteiger partial charge is 0.312 e. The topological polar surface area (TPSA) is 71.1 Å². The van der Waals surface area contributed by atoms with Crippen LogP contribution in [0.25, 0.3) is 0 Å². The van der Waals surface area contributed by atoms with Crippen molar-refractivity contribution in [1.82, 2.24) is 10.3 Å². The molecule has 114 valence electrons. The van der Waals surface area contributed by atoms with Crippen LogP contribution in [-0.2, 0) is 16.6 Å².